The number of allylic oxidation sites excluding steroid dienone is 2. The van der Waals surface area contributed by atoms with E-state index in [0.29, 0.717) is 18.7 Å². The Morgan fingerprint density at radius 3 is 2.96 bits per heavy atom. The number of fused-ring (bicyclic) bond motifs is 2. The minimum absolute atomic E-state index is 0.550. The lowest BCUT2D eigenvalue weighted by Gasteiger charge is -2.05. The summed E-state index contributed by atoms with van der Waals surface area (Å²) in [6.45, 7) is 0.589. The summed E-state index contributed by atoms with van der Waals surface area (Å²) in [5.74, 6) is 0. The fourth-order valence-corrected chi connectivity index (χ4v) is 2.93. The molecule has 0 unspecified atom stereocenters. The molecule has 0 aliphatic heterocycles. The van der Waals surface area contributed by atoms with Gasteiger partial charge in [0.15, 0.2) is 5.65 Å². The maximum Gasteiger partial charge on any atom is 0.179 e. The van der Waals surface area contributed by atoms with Crippen molar-refractivity contribution in [2.45, 2.75) is 13.0 Å². The fourth-order valence-electron chi connectivity index (χ4n) is 2.93. The molecule has 7 heteroatoms. The Labute approximate surface area is 156 Å². The van der Waals surface area contributed by atoms with Gasteiger partial charge in [-0.25, -0.2) is 9.67 Å². The average Bonchev–Trinajstić information content (AvgIpc) is 3.08. The van der Waals surface area contributed by atoms with Crippen LogP contribution < -0.4 is 5.73 Å². The van der Waals surface area contributed by atoms with Gasteiger partial charge in [-0.2, -0.15) is 0 Å². The number of pyridine rings is 2. The summed E-state index contributed by atoms with van der Waals surface area (Å²) in [5.41, 5.74) is 11.2. The molecule has 0 radical (unpaired) electrons. The molecule has 2 N–H and O–H groups in total. The van der Waals surface area contributed by atoms with Crippen LogP contribution in [0.3, 0.4) is 0 Å². The lowest BCUT2D eigenvalue weighted by molar-refractivity contribution is 0.663. The van der Waals surface area contributed by atoms with Gasteiger partial charge in [-0.3, -0.25) is 9.98 Å². The normalized spacial score (nSPS) is 12.4. The largest absolute Gasteiger partial charge is 0.402 e. The van der Waals surface area contributed by atoms with Crippen molar-refractivity contribution in [1.29, 1.82) is 0 Å². The molecule has 27 heavy (non-hydrogen) atoms. The third-order valence-electron chi connectivity index (χ3n) is 4.24. The Hall–Kier alpha value is -3.61. The van der Waals surface area contributed by atoms with Crippen molar-refractivity contribution < 1.29 is 0 Å². The zero-order valence-corrected chi connectivity index (χ0v) is 14.9. The van der Waals surface area contributed by atoms with Crippen molar-refractivity contribution in [3.05, 3.63) is 71.7 Å². The zero-order chi connectivity index (χ0) is 18.6. The van der Waals surface area contributed by atoms with Gasteiger partial charge in [0.1, 0.15) is 5.52 Å². The topological polar surface area (TPSA) is 94.9 Å². The maximum atomic E-state index is 6.01. The van der Waals surface area contributed by atoms with E-state index in [2.05, 4.69) is 38.5 Å². The van der Waals surface area contributed by atoms with Gasteiger partial charge >= 0.3 is 0 Å². The molecule has 0 atom stereocenters. The van der Waals surface area contributed by atoms with Crippen LogP contribution in [-0.4, -0.2) is 38.2 Å². The molecule has 0 saturated heterocycles. The van der Waals surface area contributed by atoms with E-state index in [9.17, 15) is 0 Å². The number of aliphatic imine (C=N–C) groups is 1. The van der Waals surface area contributed by atoms with E-state index in [4.69, 9.17) is 10.7 Å². The molecule has 1 aromatic carbocycles. The number of nitrogens with zero attached hydrogens (tertiary/aromatic N) is 6. The lowest BCUT2D eigenvalue weighted by atomic mass is 10.1. The number of hydrogen-bond acceptors (Lipinski definition) is 6. The molecular formula is C20H19N7. The third kappa shape index (κ3) is 3.67. The van der Waals surface area contributed by atoms with Crippen molar-refractivity contribution >= 4 is 28.3 Å². The van der Waals surface area contributed by atoms with Crippen LogP contribution in [0.1, 0.15) is 11.3 Å². The SMILES string of the molecule is CN=CC=C(N)Cc1ccc2nnn(Cc3ccc4ncccc4c3)c2n1. The van der Waals surface area contributed by atoms with Crippen LogP contribution in [0.15, 0.2) is 65.4 Å². The van der Waals surface area contributed by atoms with Crippen molar-refractivity contribution in [3.8, 4) is 0 Å². The van der Waals surface area contributed by atoms with Crippen LogP contribution in [0.5, 0.6) is 0 Å². The molecule has 0 bridgehead atoms. The van der Waals surface area contributed by atoms with Crippen molar-refractivity contribution in [3.63, 3.8) is 0 Å². The molecule has 3 aromatic heterocycles. The molecule has 0 amide bonds. The van der Waals surface area contributed by atoms with Gasteiger partial charge in [0.05, 0.1) is 12.1 Å². The van der Waals surface area contributed by atoms with Gasteiger partial charge < -0.3 is 5.73 Å². The van der Waals surface area contributed by atoms with Crippen LogP contribution >= 0.6 is 0 Å². The van der Waals surface area contributed by atoms with Crippen molar-refractivity contribution in [1.82, 2.24) is 25.0 Å². The Kier molecular flexibility index (Phi) is 4.57. The highest BCUT2D eigenvalue weighted by Gasteiger charge is 2.09. The highest BCUT2D eigenvalue weighted by molar-refractivity contribution is 5.79. The molecule has 0 aliphatic carbocycles. The van der Waals surface area contributed by atoms with E-state index >= 15 is 0 Å². The van der Waals surface area contributed by atoms with Gasteiger partial charge in [-0.05, 0) is 42.0 Å². The Bertz CT molecular complexity index is 1160. The first-order valence-corrected chi connectivity index (χ1v) is 8.62. The minimum Gasteiger partial charge on any atom is -0.402 e. The Morgan fingerprint density at radius 2 is 2.07 bits per heavy atom. The maximum absolute atomic E-state index is 6.01. The molecule has 0 aliphatic rings. The van der Waals surface area contributed by atoms with E-state index in [1.54, 1.807) is 25.5 Å². The molecule has 0 saturated carbocycles. The van der Waals surface area contributed by atoms with Crippen LogP contribution in [0.2, 0.25) is 0 Å². The van der Waals surface area contributed by atoms with Gasteiger partial charge in [0.2, 0.25) is 0 Å². The second kappa shape index (κ2) is 7.33. The van der Waals surface area contributed by atoms with Gasteiger partial charge in [-0.15, -0.1) is 5.10 Å². The standard InChI is InChI=1S/C20H19N7/c1-22-10-8-16(21)12-17-5-7-19-20(24-17)27(26-25-19)13-14-4-6-18-15(11-14)3-2-9-23-18/h2-11H,12-13,21H2,1H3. The predicted molar refractivity (Wildman–Crippen MR) is 107 cm³/mol. The van der Waals surface area contributed by atoms with Gasteiger partial charge in [0.25, 0.3) is 0 Å². The molecule has 4 aromatic rings. The molecule has 0 spiro atoms. The molecular weight excluding hydrogens is 338 g/mol. The summed E-state index contributed by atoms with van der Waals surface area (Å²) in [6.07, 6.45) is 5.80. The lowest BCUT2D eigenvalue weighted by Crippen LogP contribution is -2.06. The summed E-state index contributed by atoms with van der Waals surface area (Å²) >= 11 is 0. The number of benzene rings is 1. The summed E-state index contributed by atoms with van der Waals surface area (Å²) in [5, 5.41) is 9.58. The van der Waals surface area contributed by atoms with E-state index in [1.807, 2.05) is 28.9 Å². The monoisotopic (exact) mass is 357 g/mol. The summed E-state index contributed by atoms with van der Waals surface area (Å²) < 4.78 is 1.81. The van der Waals surface area contributed by atoms with Gasteiger partial charge in [0, 0.05) is 42.7 Å². The summed E-state index contributed by atoms with van der Waals surface area (Å²) in [4.78, 5) is 13.0. The second-order valence-corrected chi connectivity index (χ2v) is 6.25. The smallest absolute Gasteiger partial charge is 0.179 e. The number of hydrogen-bond donors (Lipinski definition) is 1. The quantitative estimate of drug-likeness (QED) is 0.554. The van der Waals surface area contributed by atoms with E-state index in [1.165, 1.54) is 0 Å². The number of rotatable bonds is 5. The first-order valence-electron chi connectivity index (χ1n) is 8.62. The van der Waals surface area contributed by atoms with E-state index in [-0.39, 0.29) is 0 Å². The molecule has 0 fully saturated rings. The number of nitrogens with two attached hydrogens (primary N) is 1. The Balaban J connectivity index is 1.64. The molecule has 7 nitrogen and oxygen atoms in total. The third-order valence-corrected chi connectivity index (χ3v) is 4.24. The van der Waals surface area contributed by atoms with Crippen LogP contribution in [0.25, 0.3) is 22.1 Å². The van der Waals surface area contributed by atoms with Crippen LogP contribution in [-0.2, 0) is 13.0 Å². The first-order chi connectivity index (χ1) is 13.2. The predicted octanol–water partition coefficient (Wildman–Crippen LogP) is 2.51. The van der Waals surface area contributed by atoms with E-state index < -0.39 is 0 Å². The van der Waals surface area contributed by atoms with Crippen molar-refractivity contribution in [2.24, 2.45) is 10.7 Å². The highest BCUT2D eigenvalue weighted by atomic mass is 15.4. The molecule has 134 valence electrons. The second-order valence-electron chi connectivity index (χ2n) is 6.25. The van der Waals surface area contributed by atoms with E-state index in [0.717, 1.165) is 33.3 Å². The number of aromatic nitrogens is 5. The van der Waals surface area contributed by atoms with Crippen LogP contribution in [0, 0.1) is 0 Å². The highest BCUT2D eigenvalue weighted by Crippen LogP contribution is 2.16. The zero-order valence-electron chi connectivity index (χ0n) is 14.9. The van der Waals surface area contributed by atoms with Crippen LogP contribution in [0.4, 0.5) is 0 Å². The Morgan fingerprint density at radius 1 is 1.19 bits per heavy atom. The summed E-state index contributed by atoms with van der Waals surface area (Å²) in [6, 6.07) is 14.0. The first kappa shape index (κ1) is 16.8. The van der Waals surface area contributed by atoms with Gasteiger partial charge in [-0.1, -0.05) is 17.3 Å². The summed E-state index contributed by atoms with van der Waals surface area (Å²) in [7, 11) is 1.71. The average molecular weight is 357 g/mol. The molecule has 3 heterocycles. The molecule has 4 rings (SSSR count). The fraction of sp³-hybridized carbons (Fsp3) is 0.150. The van der Waals surface area contributed by atoms with Crippen molar-refractivity contribution in [2.75, 3.05) is 7.05 Å². The minimum atomic E-state index is 0.550.